The van der Waals surface area contributed by atoms with Crippen molar-refractivity contribution in [2.24, 2.45) is 0 Å². The van der Waals surface area contributed by atoms with Crippen molar-refractivity contribution in [2.75, 3.05) is 19.6 Å². The molecule has 1 saturated heterocycles. The molecule has 1 N–H and O–H groups in total. The molecule has 2 heterocycles. The summed E-state index contributed by atoms with van der Waals surface area (Å²) in [6.07, 6.45) is -1.68. The number of hydrogen-bond acceptors (Lipinski definition) is 3. The zero-order valence-corrected chi connectivity index (χ0v) is 14.5. The van der Waals surface area contributed by atoms with Crippen LogP contribution in [-0.4, -0.2) is 42.7 Å². The van der Waals surface area contributed by atoms with Crippen LogP contribution in [-0.2, 0) is 11.2 Å². The van der Waals surface area contributed by atoms with Crippen LogP contribution in [0.5, 0.6) is 0 Å². The molecule has 0 saturated carbocycles. The molecule has 0 bridgehead atoms. The summed E-state index contributed by atoms with van der Waals surface area (Å²) in [4.78, 5) is 14.2. The van der Waals surface area contributed by atoms with Crippen molar-refractivity contribution in [3.05, 3.63) is 71.0 Å². The number of nitrogens with zero attached hydrogens (tertiary/aromatic N) is 1. The number of benzene rings is 2. The molecule has 2 aliphatic heterocycles. The van der Waals surface area contributed by atoms with Crippen LogP contribution in [0.25, 0.3) is 0 Å². The van der Waals surface area contributed by atoms with Crippen molar-refractivity contribution in [3.63, 3.8) is 0 Å². The number of carbonyl (C=O) groups is 1. The Labute approximate surface area is 154 Å². The number of ether oxygens (including phenoxy) is 1. The average Bonchev–Trinajstić information content (AvgIpc) is 2.99. The summed E-state index contributed by atoms with van der Waals surface area (Å²) in [5, 5.41) is 2.55. The van der Waals surface area contributed by atoms with Gasteiger partial charge in [0.05, 0.1) is 12.6 Å². The SMILES string of the molecule is O=C(OC1CNCC1(F)F)N1CCc2ccccc2[C@@H]1c1ccc(F)cc1. The molecule has 2 aromatic rings. The molecule has 1 fully saturated rings. The standard InChI is InChI=1S/C20H19F3N2O2/c21-15-7-5-14(6-8-15)18-16-4-2-1-3-13(16)9-10-25(18)19(26)27-17-11-24-12-20(17,22)23/h1-8,17-18,24H,9-12H2/t17?,18-/m0/s1. The molecule has 2 aromatic carbocycles. The minimum atomic E-state index is -3.09. The second kappa shape index (κ2) is 6.88. The van der Waals surface area contributed by atoms with Crippen LogP contribution in [0.15, 0.2) is 48.5 Å². The van der Waals surface area contributed by atoms with Gasteiger partial charge in [0.2, 0.25) is 0 Å². The molecule has 0 aromatic heterocycles. The number of nitrogens with one attached hydrogen (secondary N) is 1. The summed E-state index contributed by atoms with van der Waals surface area (Å²) in [7, 11) is 0. The van der Waals surface area contributed by atoms with E-state index in [1.54, 1.807) is 12.1 Å². The quantitative estimate of drug-likeness (QED) is 0.872. The summed E-state index contributed by atoms with van der Waals surface area (Å²) in [6.45, 7) is -0.247. The van der Waals surface area contributed by atoms with Crippen LogP contribution in [0, 0.1) is 5.82 Å². The van der Waals surface area contributed by atoms with E-state index in [0.717, 1.165) is 11.1 Å². The van der Waals surface area contributed by atoms with Crippen molar-refractivity contribution >= 4 is 6.09 Å². The van der Waals surface area contributed by atoms with Gasteiger partial charge in [0.1, 0.15) is 5.82 Å². The Kier molecular flexibility index (Phi) is 4.55. The van der Waals surface area contributed by atoms with Crippen LogP contribution < -0.4 is 5.32 Å². The van der Waals surface area contributed by atoms with Gasteiger partial charge < -0.3 is 10.1 Å². The predicted molar refractivity (Wildman–Crippen MR) is 93.2 cm³/mol. The topological polar surface area (TPSA) is 41.6 Å². The highest BCUT2D eigenvalue weighted by molar-refractivity contribution is 5.70. The Morgan fingerprint density at radius 1 is 1.15 bits per heavy atom. The van der Waals surface area contributed by atoms with E-state index in [4.69, 9.17) is 4.74 Å². The van der Waals surface area contributed by atoms with E-state index >= 15 is 0 Å². The first-order valence-electron chi connectivity index (χ1n) is 8.85. The van der Waals surface area contributed by atoms with Crippen LogP contribution in [0.2, 0.25) is 0 Å². The smallest absolute Gasteiger partial charge is 0.411 e. The zero-order chi connectivity index (χ0) is 19.0. The molecule has 0 aliphatic carbocycles. The first kappa shape index (κ1) is 17.9. The summed E-state index contributed by atoms with van der Waals surface area (Å²) in [5.74, 6) is -3.47. The van der Waals surface area contributed by atoms with Gasteiger partial charge >= 0.3 is 6.09 Å². The number of alkyl halides is 2. The summed E-state index contributed by atoms with van der Waals surface area (Å²) in [6, 6.07) is 13.0. The average molecular weight is 376 g/mol. The van der Waals surface area contributed by atoms with E-state index in [-0.39, 0.29) is 12.4 Å². The Hall–Kier alpha value is -2.54. The van der Waals surface area contributed by atoms with Crippen LogP contribution in [0.1, 0.15) is 22.7 Å². The monoisotopic (exact) mass is 376 g/mol. The third kappa shape index (κ3) is 3.39. The first-order chi connectivity index (χ1) is 13.0. The summed E-state index contributed by atoms with van der Waals surface area (Å²) < 4.78 is 46.2. The maximum absolute atomic E-state index is 13.8. The Bertz CT molecular complexity index is 841. The summed E-state index contributed by atoms with van der Waals surface area (Å²) >= 11 is 0. The van der Waals surface area contributed by atoms with Gasteiger partial charge in [-0.05, 0) is 35.2 Å². The number of hydrogen-bond donors (Lipinski definition) is 1. The van der Waals surface area contributed by atoms with Crippen molar-refractivity contribution in [1.82, 2.24) is 10.2 Å². The second-order valence-corrected chi connectivity index (χ2v) is 6.86. The molecule has 2 aliphatic rings. The third-order valence-corrected chi connectivity index (χ3v) is 5.11. The Balaban J connectivity index is 1.66. The molecule has 1 unspecified atom stereocenters. The number of rotatable bonds is 2. The van der Waals surface area contributed by atoms with Gasteiger partial charge in [-0.3, -0.25) is 4.90 Å². The lowest BCUT2D eigenvalue weighted by Crippen LogP contribution is -2.45. The van der Waals surface area contributed by atoms with Crippen molar-refractivity contribution < 1.29 is 22.7 Å². The van der Waals surface area contributed by atoms with E-state index in [1.165, 1.54) is 17.0 Å². The lowest BCUT2D eigenvalue weighted by Gasteiger charge is -2.37. The van der Waals surface area contributed by atoms with E-state index in [9.17, 15) is 18.0 Å². The molecule has 0 spiro atoms. The van der Waals surface area contributed by atoms with Crippen molar-refractivity contribution in [2.45, 2.75) is 24.5 Å². The molecule has 1 amide bonds. The fourth-order valence-electron chi connectivity index (χ4n) is 3.72. The van der Waals surface area contributed by atoms with Gasteiger partial charge in [-0.25, -0.2) is 18.0 Å². The molecule has 7 heteroatoms. The highest BCUT2D eigenvalue weighted by Crippen LogP contribution is 2.36. The normalized spacial score (nSPS) is 23.7. The summed E-state index contributed by atoms with van der Waals surface area (Å²) in [5.41, 5.74) is 2.67. The highest BCUT2D eigenvalue weighted by atomic mass is 19.3. The van der Waals surface area contributed by atoms with Crippen LogP contribution >= 0.6 is 0 Å². The van der Waals surface area contributed by atoms with Crippen LogP contribution in [0.3, 0.4) is 0 Å². The van der Waals surface area contributed by atoms with Crippen molar-refractivity contribution in [3.8, 4) is 0 Å². The molecular weight excluding hydrogens is 357 g/mol. The van der Waals surface area contributed by atoms with Gasteiger partial charge in [-0.2, -0.15) is 0 Å². The minimum Gasteiger partial charge on any atom is -0.438 e. The van der Waals surface area contributed by atoms with Gasteiger partial charge in [0.25, 0.3) is 5.92 Å². The second-order valence-electron chi connectivity index (χ2n) is 6.86. The number of halogens is 3. The molecule has 142 valence electrons. The van der Waals surface area contributed by atoms with E-state index in [2.05, 4.69) is 5.32 Å². The van der Waals surface area contributed by atoms with E-state index < -0.39 is 30.7 Å². The largest absolute Gasteiger partial charge is 0.438 e. The molecule has 27 heavy (non-hydrogen) atoms. The fourth-order valence-corrected chi connectivity index (χ4v) is 3.72. The minimum absolute atomic E-state index is 0.0790. The third-order valence-electron chi connectivity index (χ3n) is 5.11. The van der Waals surface area contributed by atoms with Gasteiger partial charge in [-0.15, -0.1) is 0 Å². The molecule has 4 rings (SSSR count). The number of amides is 1. The van der Waals surface area contributed by atoms with Gasteiger partial charge in [0, 0.05) is 13.1 Å². The molecular formula is C20H19F3N2O2. The molecule has 4 nitrogen and oxygen atoms in total. The maximum atomic E-state index is 13.8. The number of fused-ring (bicyclic) bond motifs is 1. The van der Waals surface area contributed by atoms with Gasteiger partial charge in [0.15, 0.2) is 6.10 Å². The lowest BCUT2D eigenvalue weighted by atomic mass is 9.88. The highest BCUT2D eigenvalue weighted by Gasteiger charge is 2.48. The Morgan fingerprint density at radius 3 is 2.59 bits per heavy atom. The fraction of sp³-hybridized carbons (Fsp3) is 0.350. The lowest BCUT2D eigenvalue weighted by molar-refractivity contribution is -0.0844. The van der Waals surface area contributed by atoms with Crippen molar-refractivity contribution in [1.29, 1.82) is 0 Å². The molecule has 0 radical (unpaired) electrons. The van der Waals surface area contributed by atoms with Crippen LogP contribution in [0.4, 0.5) is 18.0 Å². The van der Waals surface area contributed by atoms with E-state index in [0.29, 0.717) is 18.5 Å². The first-order valence-corrected chi connectivity index (χ1v) is 8.85. The zero-order valence-electron chi connectivity index (χ0n) is 14.5. The maximum Gasteiger partial charge on any atom is 0.411 e. The number of carbonyl (C=O) groups excluding carboxylic acids is 1. The molecule has 2 atom stereocenters. The van der Waals surface area contributed by atoms with E-state index in [1.807, 2.05) is 24.3 Å². The Morgan fingerprint density at radius 2 is 1.89 bits per heavy atom. The predicted octanol–water partition coefficient (Wildman–Crippen LogP) is 3.52. The van der Waals surface area contributed by atoms with Gasteiger partial charge in [-0.1, -0.05) is 36.4 Å².